The van der Waals surface area contributed by atoms with Gasteiger partial charge in [0.25, 0.3) is 17.4 Å². The number of aryl methyl sites for hydroxylation is 2. The molecule has 0 radical (unpaired) electrons. The highest BCUT2D eigenvalue weighted by Crippen LogP contribution is 2.15. The lowest BCUT2D eigenvalue weighted by Crippen LogP contribution is -2.44. The average molecular weight is 416 g/mol. The largest absolute Gasteiger partial charge is 0.290 e. The second-order valence-electron chi connectivity index (χ2n) is 7.03. The third kappa shape index (κ3) is 4.06. The third-order valence-electron chi connectivity index (χ3n) is 4.73. The van der Waals surface area contributed by atoms with E-state index in [0.29, 0.717) is 16.5 Å². The molecule has 4 rings (SSSR count). The van der Waals surface area contributed by atoms with Gasteiger partial charge >= 0.3 is 0 Å². The Balaban J connectivity index is 1.61. The van der Waals surface area contributed by atoms with Gasteiger partial charge in [0.15, 0.2) is 5.69 Å². The van der Waals surface area contributed by atoms with Gasteiger partial charge in [0.05, 0.1) is 16.8 Å². The Hall–Kier alpha value is -4.27. The molecule has 0 atom stereocenters. The molecule has 0 saturated heterocycles. The molecule has 0 fully saturated rings. The number of para-hydroxylation sites is 1. The molecular formula is C22H20N6O3. The topological polar surface area (TPSA) is 111 Å². The average Bonchev–Trinajstić information content (AvgIpc) is 3.09. The number of hydrogen-bond donors (Lipinski definition) is 2. The summed E-state index contributed by atoms with van der Waals surface area (Å²) in [7, 11) is 0. The minimum Gasteiger partial charge on any atom is -0.271 e. The summed E-state index contributed by atoms with van der Waals surface area (Å²) in [6, 6.07) is 17.4. The van der Waals surface area contributed by atoms with Crippen molar-refractivity contribution in [2.24, 2.45) is 0 Å². The van der Waals surface area contributed by atoms with Crippen molar-refractivity contribution in [2.45, 2.75) is 20.4 Å². The molecule has 0 aliphatic rings. The fourth-order valence-corrected chi connectivity index (χ4v) is 3.30. The van der Waals surface area contributed by atoms with E-state index in [1.54, 1.807) is 53.2 Å². The molecule has 0 aliphatic carbocycles. The Labute approximate surface area is 177 Å². The SMILES string of the molecule is Cc1cc(C)n(CC(=O)NNC(=O)c2nn(-c3ccccc3)c(=O)c3ccccc23)n1. The van der Waals surface area contributed by atoms with Crippen LogP contribution in [0.15, 0.2) is 65.5 Å². The third-order valence-corrected chi connectivity index (χ3v) is 4.73. The standard InChI is InChI=1S/C22H20N6O3/c1-14-12-15(2)27(25-14)13-19(29)23-24-21(30)20-17-10-6-7-11-18(17)22(31)28(26-20)16-8-4-3-5-9-16/h3-12H,13H2,1-2H3,(H,23,29)(H,24,30). The normalized spacial score (nSPS) is 10.8. The van der Waals surface area contributed by atoms with Crippen molar-refractivity contribution >= 4 is 22.6 Å². The molecule has 31 heavy (non-hydrogen) atoms. The number of hydrogen-bond acceptors (Lipinski definition) is 5. The number of nitrogens with zero attached hydrogens (tertiary/aromatic N) is 4. The summed E-state index contributed by atoms with van der Waals surface area (Å²) in [6.45, 7) is 3.63. The predicted octanol–water partition coefficient (Wildman–Crippen LogP) is 1.66. The molecule has 2 amide bonds. The van der Waals surface area contributed by atoms with E-state index in [4.69, 9.17) is 0 Å². The van der Waals surface area contributed by atoms with Crippen LogP contribution in [0.4, 0.5) is 0 Å². The highest BCUT2D eigenvalue weighted by atomic mass is 16.2. The molecule has 0 unspecified atom stereocenters. The number of benzene rings is 2. The van der Waals surface area contributed by atoms with E-state index < -0.39 is 11.8 Å². The molecule has 0 saturated carbocycles. The van der Waals surface area contributed by atoms with Crippen molar-refractivity contribution in [3.8, 4) is 5.69 Å². The van der Waals surface area contributed by atoms with E-state index in [1.807, 2.05) is 26.0 Å². The molecule has 0 spiro atoms. The molecule has 2 aromatic carbocycles. The second kappa shape index (κ2) is 8.23. The first-order chi connectivity index (χ1) is 14.9. The smallest absolute Gasteiger partial charge is 0.271 e. The first-order valence-electron chi connectivity index (χ1n) is 9.62. The van der Waals surface area contributed by atoms with Crippen molar-refractivity contribution in [1.82, 2.24) is 30.4 Å². The predicted molar refractivity (Wildman–Crippen MR) is 115 cm³/mol. The molecule has 9 nitrogen and oxygen atoms in total. The van der Waals surface area contributed by atoms with Crippen LogP contribution >= 0.6 is 0 Å². The monoisotopic (exact) mass is 416 g/mol. The Morgan fingerprint density at radius 1 is 0.903 bits per heavy atom. The summed E-state index contributed by atoms with van der Waals surface area (Å²) in [4.78, 5) is 38.0. The van der Waals surface area contributed by atoms with Crippen LogP contribution in [0.25, 0.3) is 16.5 Å². The van der Waals surface area contributed by atoms with Crippen LogP contribution in [0.3, 0.4) is 0 Å². The van der Waals surface area contributed by atoms with Crippen molar-refractivity contribution in [3.63, 3.8) is 0 Å². The van der Waals surface area contributed by atoms with Crippen LogP contribution in [0.2, 0.25) is 0 Å². The van der Waals surface area contributed by atoms with E-state index in [9.17, 15) is 14.4 Å². The van der Waals surface area contributed by atoms with Crippen LogP contribution in [0.1, 0.15) is 21.9 Å². The zero-order chi connectivity index (χ0) is 22.0. The van der Waals surface area contributed by atoms with E-state index in [2.05, 4.69) is 21.0 Å². The van der Waals surface area contributed by atoms with E-state index in [-0.39, 0.29) is 17.8 Å². The first-order valence-corrected chi connectivity index (χ1v) is 9.62. The fraction of sp³-hybridized carbons (Fsp3) is 0.136. The van der Waals surface area contributed by atoms with Gasteiger partial charge in [0, 0.05) is 11.1 Å². The van der Waals surface area contributed by atoms with Gasteiger partial charge in [0.2, 0.25) is 0 Å². The van der Waals surface area contributed by atoms with Crippen LogP contribution in [-0.4, -0.2) is 31.4 Å². The number of hydrazine groups is 1. The highest BCUT2D eigenvalue weighted by Gasteiger charge is 2.18. The highest BCUT2D eigenvalue weighted by molar-refractivity contribution is 6.05. The minimum atomic E-state index is -0.636. The maximum atomic E-state index is 12.9. The Morgan fingerprint density at radius 2 is 1.58 bits per heavy atom. The maximum Gasteiger partial charge on any atom is 0.290 e. The lowest BCUT2D eigenvalue weighted by Gasteiger charge is -2.12. The summed E-state index contributed by atoms with van der Waals surface area (Å²) in [5.41, 5.74) is 6.60. The summed E-state index contributed by atoms with van der Waals surface area (Å²) in [6.07, 6.45) is 0. The number of aromatic nitrogens is 4. The van der Waals surface area contributed by atoms with Crippen LogP contribution < -0.4 is 16.4 Å². The molecule has 2 N–H and O–H groups in total. The molecule has 2 heterocycles. The number of carbonyl (C=O) groups excluding carboxylic acids is 2. The van der Waals surface area contributed by atoms with Gasteiger partial charge in [-0.15, -0.1) is 0 Å². The van der Waals surface area contributed by atoms with Crippen LogP contribution in [0.5, 0.6) is 0 Å². The number of nitrogens with one attached hydrogen (secondary N) is 2. The molecule has 156 valence electrons. The Kier molecular flexibility index (Phi) is 5.31. The van der Waals surface area contributed by atoms with Crippen molar-refractivity contribution in [1.29, 1.82) is 0 Å². The first kappa shape index (κ1) is 20.0. The molecule has 2 aromatic heterocycles. The van der Waals surface area contributed by atoms with E-state index in [0.717, 1.165) is 11.4 Å². The van der Waals surface area contributed by atoms with Gasteiger partial charge < -0.3 is 0 Å². The lowest BCUT2D eigenvalue weighted by molar-refractivity contribution is -0.122. The van der Waals surface area contributed by atoms with E-state index >= 15 is 0 Å². The fourth-order valence-electron chi connectivity index (χ4n) is 3.30. The maximum absolute atomic E-state index is 12.9. The van der Waals surface area contributed by atoms with Crippen molar-refractivity contribution in [3.05, 3.63) is 88.1 Å². The number of amides is 2. The second-order valence-corrected chi connectivity index (χ2v) is 7.03. The molecule has 0 aliphatic heterocycles. The van der Waals surface area contributed by atoms with Gasteiger partial charge in [-0.1, -0.05) is 36.4 Å². The quantitative estimate of drug-likeness (QED) is 0.492. The molecular weight excluding hydrogens is 396 g/mol. The minimum absolute atomic E-state index is 0.0190. The van der Waals surface area contributed by atoms with Gasteiger partial charge in [-0.3, -0.25) is 29.9 Å². The molecule has 9 heteroatoms. The van der Waals surface area contributed by atoms with Gasteiger partial charge in [0.1, 0.15) is 6.54 Å². The number of carbonyl (C=O) groups is 2. The van der Waals surface area contributed by atoms with Crippen LogP contribution in [0, 0.1) is 13.8 Å². The van der Waals surface area contributed by atoms with Crippen molar-refractivity contribution in [2.75, 3.05) is 0 Å². The van der Waals surface area contributed by atoms with E-state index in [1.165, 1.54) is 4.68 Å². The number of fused-ring (bicyclic) bond motifs is 1. The zero-order valence-electron chi connectivity index (χ0n) is 17.0. The van der Waals surface area contributed by atoms with Crippen molar-refractivity contribution < 1.29 is 9.59 Å². The Bertz CT molecular complexity index is 1340. The summed E-state index contributed by atoms with van der Waals surface area (Å²) in [5.74, 6) is -1.08. The zero-order valence-corrected chi connectivity index (χ0v) is 17.0. The van der Waals surface area contributed by atoms with Crippen LogP contribution in [-0.2, 0) is 11.3 Å². The van der Waals surface area contributed by atoms with Gasteiger partial charge in [-0.2, -0.15) is 14.9 Å². The number of rotatable bonds is 4. The molecule has 4 aromatic rings. The summed E-state index contributed by atoms with van der Waals surface area (Å²) < 4.78 is 2.72. The molecule has 0 bridgehead atoms. The summed E-state index contributed by atoms with van der Waals surface area (Å²) in [5, 5.41) is 9.24. The summed E-state index contributed by atoms with van der Waals surface area (Å²) >= 11 is 0. The van der Waals surface area contributed by atoms with Gasteiger partial charge in [-0.25, -0.2) is 0 Å². The lowest BCUT2D eigenvalue weighted by atomic mass is 10.1. The Morgan fingerprint density at radius 3 is 2.26 bits per heavy atom. The van der Waals surface area contributed by atoms with Gasteiger partial charge in [-0.05, 0) is 38.1 Å².